The van der Waals surface area contributed by atoms with E-state index in [9.17, 15) is 14.4 Å². The average molecular weight is 704 g/mol. The van der Waals surface area contributed by atoms with E-state index in [2.05, 4.69) is 85.8 Å². The third-order valence-electron chi connectivity index (χ3n) is 15.2. The molecule has 7 heteroatoms. The summed E-state index contributed by atoms with van der Waals surface area (Å²) in [7, 11) is -1.23. The van der Waals surface area contributed by atoms with Gasteiger partial charge in [0.25, 0.3) is 0 Å². The lowest BCUT2D eigenvalue weighted by Gasteiger charge is -2.67. The first-order valence-corrected chi connectivity index (χ1v) is 21.8. The number of carbonyl (C=O) groups is 3. The normalized spacial score (nSPS) is 38.3. The molecule has 0 aromatic heterocycles. The van der Waals surface area contributed by atoms with E-state index in [1.807, 2.05) is 0 Å². The number of piperidine rings is 1. The molecule has 1 aliphatic heterocycles. The molecule has 6 rings (SSSR count). The zero-order valence-electron chi connectivity index (χ0n) is 32.9. The van der Waals surface area contributed by atoms with Crippen molar-refractivity contribution in [3.8, 4) is 0 Å². The Morgan fingerprint density at radius 3 is 2.20 bits per heavy atom. The van der Waals surface area contributed by atoms with E-state index in [1.54, 1.807) is 6.92 Å². The Hall–Kier alpha value is -1.60. The number of fused-ring (bicyclic) bond motifs is 7. The van der Waals surface area contributed by atoms with Crippen LogP contribution in [0.1, 0.15) is 138 Å². The monoisotopic (exact) mass is 704 g/mol. The highest BCUT2D eigenvalue weighted by atomic mass is 32.3. The van der Waals surface area contributed by atoms with Crippen molar-refractivity contribution in [2.24, 2.45) is 45.3 Å². The fourth-order valence-corrected chi connectivity index (χ4v) is 13.4. The SMILES string of the molecule is CC(=O)O[C@H]1CC[C@@]2(C)C(CC[C@@]3(C)C4=CC[C@@]5(C(=O)N6CCC(OS(C)(C)C(C)(C)C)CC6)CC(=O)C(C(C)C)=C5C4CCC23)C1(C)C.[HH].[HH].[HH]. The van der Waals surface area contributed by atoms with Crippen LogP contribution in [-0.4, -0.2) is 65.1 Å². The van der Waals surface area contributed by atoms with E-state index in [1.165, 1.54) is 11.1 Å². The zero-order valence-corrected chi connectivity index (χ0v) is 33.7. The van der Waals surface area contributed by atoms with Gasteiger partial charge in [-0.25, -0.2) is 0 Å². The molecule has 0 aromatic carbocycles. The van der Waals surface area contributed by atoms with Crippen LogP contribution in [0.2, 0.25) is 0 Å². The zero-order chi connectivity index (χ0) is 36.1. The number of likely N-dealkylation sites (tertiary alicyclic amines) is 1. The highest BCUT2D eigenvalue weighted by Crippen LogP contribution is 2.72. The lowest BCUT2D eigenvalue weighted by Crippen LogP contribution is -2.61. The van der Waals surface area contributed by atoms with Gasteiger partial charge in [0, 0.05) is 46.8 Å². The summed E-state index contributed by atoms with van der Waals surface area (Å²) in [6.07, 6.45) is 16.2. The van der Waals surface area contributed by atoms with Crippen LogP contribution in [0.3, 0.4) is 0 Å². The predicted molar refractivity (Wildman–Crippen MR) is 207 cm³/mol. The number of carbonyl (C=O) groups excluding carboxylic acids is 3. The van der Waals surface area contributed by atoms with Gasteiger partial charge < -0.3 is 13.8 Å². The van der Waals surface area contributed by atoms with Gasteiger partial charge in [-0.05, 0) is 110 Å². The molecule has 0 N–H and O–H groups in total. The van der Waals surface area contributed by atoms with Crippen LogP contribution in [0.25, 0.3) is 0 Å². The first-order valence-electron chi connectivity index (χ1n) is 19.5. The minimum absolute atomic E-state index is 0. The minimum Gasteiger partial charge on any atom is -0.462 e. The largest absolute Gasteiger partial charge is 0.462 e. The van der Waals surface area contributed by atoms with Gasteiger partial charge in [0.05, 0.1) is 11.5 Å². The van der Waals surface area contributed by atoms with Crippen molar-refractivity contribution in [1.29, 1.82) is 0 Å². The number of ether oxygens (including phenoxy) is 1. The molecule has 6 nitrogen and oxygen atoms in total. The van der Waals surface area contributed by atoms with Gasteiger partial charge in [-0.1, -0.05) is 74.0 Å². The van der Waals surface area contributed by atoms with Crippen LogP contribution >= 0.6 is 10.3 Å². The summed E-state index contributed by atoms with van der Waals surface area (Å²) in [6, 6.07) is 0. The van der Waals surface area contributed by atoms with Crippen LogP contribution in [0.15, 0.2) is 22.8 Å². The summed E-state index contributed by atoms with van der Waals surface area (Å²) in [5.41, 5.74) is 3.07. The lowest BCUT2D eigenvalue weighted by molar-refractivity contribution is -0.192. The first kappa shape index (κ1) is 37.2. The second-order valence-electron chi connectivity index (χ2n) is 19.6. The molecule has 0 spiro atoms. The molecule has 7 atom stereocenters. The molecular weight excluding hydrogens is 631 g/mol. The summed E-state index contributed by atoms with van der Waals surface area (Å²) in [6.45, 7) is 23.8. The van der Waals surface area contributed by atoms with Crippen molar-refractivity contribution in [2.75, 3.05) is 25.6 Å². The molecule has 3 unspecified atom stereocenters. The smallest absolute Gasteiger partial charge is 0.302 e. The highest BCUT2D eigenvalue weighted by Gasteiger charge is 2.66. The molecule has 0 aromatic rings. The number of ketones is 1. The molecule has 0 bridgehead atoms. The number of hydrogen-bond donors (Lipinski definition) is 0. The van der Waals surface area contributed by atoms with E-state index < -0.39 is 15.7 Å². The van der Waals surface area contributed by atoms with Gasteiger partial charge in [0.1, 0.15) is 6.10 Å². The number of hydrogen-bond acceptors (Lipinski definition) is 5. The minimum atomic E-state index is -1.23. The van der Waals surface area contributed by atoms with Gasteiger partial charge >= 0.3 is 5.97 Å². The third-order valence-corrected chi connectivity index (χ3v) is 18.9. The molecule has 0 radical (unpaired) electrons. The van der Waals surface area contributed by atoms with Crippen LogP contribution < -0.4 is 0 Å². The van der Waals surface area contributed by atoms with E-state index >= 15 is 0 Å². The number of rotatable bonds is 5. The molecule has 282 valence electrons. The molecule has 1 saturated heterocycles. The summed E-state index contributed by atoms with van der Waals surface area (Å²) < 4.78 is 12.8. The van der Waals surface area contributed by atoms with E-state index in [0.29, 0.717) is 37.8 Å². The van der Waals surface area contributed by atoms with Gasteiger partial charge in [0.15, 0.2) is 5.78 Å². The number of esters is 1. The van der Waals surface area contributed by atoms with Gasteiger partial charge in [-0.2, -0.15) is 0 Å². The fraction of sp³-hybridized carbons (Fsp3) is 0.833. The fourth-order valence-electron chi connectivity index (χ4n) is 12.2. The molecular formula is C42H73NO5S. The van der Waals surface area contributed by atoms with Crippen LogP contribution in [-0.2, 0) is 23.3 Å². The van der Waals surface area contributed by atoms with Crippen molar-refractivity contribution in [3.63, 3.8) is 0 Å². The maximum atomic E-state index is 14.9. The van der Waals surface area contributed by atoms with Gasteiger partial charge in [0.2, 0.25) is 5.91 Å². The molecule has 49 heavy (non-hydrogen) atoms. The first-order chi connectivity index (χ1) is 22.6. The predicted octanol–water partition coefficient (Wildman–Crippen LogP) is 9.95. The Bertz CT molecular complexity index is 1460. The van der Waals surface area contributed by atoms with Gasteiger partial charge in [-0.15, -0.1) is 10.3 Å². The van der Waals surface area contributed by atoms with Crippen molar-refractivity contribution in [3.05, 3.63) is 22.8 Å². The summed E-state index contributed by atoms with van der Waals surface area (Å²) in [4.78, 5) is 43.1. The Balaban J connectivity index is 0.00000243. The second-order valence-corrected chi connectivity index (χ2v) is 23.5. The molecule has 3 saturated carbocycles. The van der Waals surface area contributed by atoms with E-state index in [4.69, 9.17) is 8.92 Å². The maximum Gasteiger partial charge on any atom is 0.302 e. The maximum absolute atomic E-state index is 14.9. The Morgan fingerprint density at radius 1 is 0.959 bits per heavy atom. The molecule has 5 aliphatic carbocycles. The van der Waals surface area contributed by atoms with Crippen molar-refractivity contribution in [2.45, 2.75) is 150 Å². The number of nitrogens with zero attached hydrogens (tertiary/aromatic N) is 1. The van der Waals surface area contributed by atoms with Crippen LogP contribution in [0.4, 0.5) is 0 Å². The quantitative estimate of drug-likeness (QED) is 0.211. The molecule has 6 aliphatic rings. The Kier molecular flexibility index (Phi) is 9.28. The average Bonchev–Trinajstić information content (AvgIpc) is 3.31. The van der Waals surface area contributed by atoms with Crippen LogP contribution in [0.5, 0.6) is 0 Å². The Labute approximate surface area is 303 Å². The second kappa shape index (κ2) is 12.2. The summed E-state index contributed by atoms with van der Waals surface area (Å²) in [5, 5.41) is 0. The van der Waals surface area contributed by atoms with E-state index in [0.717, 1.165) is 56.9 Å². The summed E-state index contributed by atoms with van der Waals surface area (Å²) >= 11 is 0. The highest BCUT2D eigenvalue weighted by molar-refractivity contribution is 8.29. The number of amides is 1. The Morgan fingerprint density at radius 2 is 1.61 bits per heavy atom. The lowest BCUT2D eigenvalue weighted by atomic mass is 9.38. The van der Waals surface area contributed by atoms with Gasteiger partial charge in [-0.3, -0.25) is 14.4 Å². The summed E-state index contributed by atoms with van der Waals surface area (Å²) in [5.74, 6) is 1.52. The number of Topliss-reactive ketones (excluding diaryl/α,β-unsaturated/α-hetero) is 1. The van der Waals surface area contributed by atoms with Crippen LogP contribution in [0, 0.1) is 45.3 Å². The molecule has 1 heterocycles. The van der Waals surface area contributed by atoms with Crippen molar-refractivity contribution < 1.29 is 27.6 Å². The molecule has 1 amide bonds. The van der Waals surface area contributed by atoms with E-state index in [-0.39, 0.29) is 67.0 Å². The third kappa shape index (κ3) is 5.73. The topological polar surface area (TPSA) is 72.9 Å². The number of allylic oxidation sites excluding steroid dienone is 3. The standard InChI is InChI=1S/C42H67NO5S.3H2/c1-26(2)35-31(45)25-42(37(46)43-23-18-28(19-24-43)48-49(11,12)38(4,5)6)22-15-30-29(36(35)42)13-14-33-40(30,9)20-16-32-39(7,8)34(47-27(3)44)17-21-41(32,33)10;;;/h15,26,28-29,32-34H,13-14,16-25H2,1-12H3;3*1H/t29?,32?,33?,34-,40-,41-,42+;;;/m0.../s1. The van der Waals surface area contributed by atoms with Crippen molar-refractivity contribution in [1.82, 2.24) is 4.90 Å². The molecule has 4 fully saturated rings. The van der Waals surface area contributed by atoms with Crippen molar-refractivity contribution >= 4 is 28.0 Å².